The molecule has 2 heterocycles. The number of nitrogens with zero attached hydrogens (tertiary/aromatic N) is 2. The number of carbonyl (C=O) groups is 2. The Balaban J connectivity index is 1.66. The third-order valence-electron chi connectivity index (χ3n) is 4.88. The summed E-state index contributed by atoms with van der Waals surface area (Å²) >= 11 is 1.73. The highest BCUT2D eigenvalue weighted by Crippen LogP contribution is 2.31. The number of benzene rings is 1. The van der Waals surface area contributed by atoms with Crippen LogP contribution in [0.4, 0.5) is 5.82 Å². The van der Waals surface area contributed by atoms with Crippen molar-refractivity contribution in [1.82, 2.24) is 9.88 Å². The van der Waals surface area contributed by atoms with E-state index in [1.54, 1.807) is 41.6 Å². The summed E-state index contributed by atoms with van der Waals surface area (Å²) in [6.45, 7) is 3.50. The van der Waals surface area contributed by atoms with Gasteiger partial charge in [0.25, 0.3) is 0 Å². The van der Waals surface area contributed by atoms with Crippen LogP contribution in [0.1, 0.15) is 28.0 Å². The highest BCUT2D eigenvalue weighted by Gasteiger charge is 2.12. The van der Waals surface area contributed by atoms with Crippen LogP contribution in [0.25, 0.3) is 16.2 Å². The van der Waals surface area contributed by atoms with Crippen LogP contribution in [0.2, 0.25) is 0 Å². The molecule has 0 saturated carbocycles. The van der Waals surface area contributed by atoms with Crippen LogP contribution in [0.15, 0.2) is 42.6 Å². The Kier molecular flexibility index (Phi) is 7.32. The summed E-state index contributed by atoms with van der Waals surface area (Å²) in [7, 11) is 1.81. The van der Waals surface area contributed by atoms with Gasteiger partial charge in [0, 0.05) is 54.0 Å². The SMILES string of the molecule is Cc1c(CN(C)C(=O)/C=C/c2cnc(NCCC=O)c(CN)c2)sc2ccccc12. The number of anilines is 1. The molecule has 0 bridgehead atoms. The number of aryl methyl sites for hydroxylation is 1. The highest BCUT2D eigenvalue weighted by atomic mass is 32.1. The van der Waals surface area contributed by atoms with Crippen LogP contribution in [-0.4, -0.2) is 35.7 Å². The third-order valence-corrected chi connectivity index (χ3v) is 6.14. The smallest absolute Gasteiger partial charge is 0.246 e. The first kappa shape index (κ1) is 21.7. The van der Waals surface area contributed by atoms with Crippen molar-refractivity contribution < 1.29 is 9.59 Å². The average molecular weight is 423 g/mol. The molecule has 3 N–H and O–H groups in total. The van der Waals surface area contributed by atoms with Crippen LogP contribution in [0, 0.1) is 6.92 Å². The van der Waals surface area contributed by atoms with Gasteiger partial charge in [0.1, 0.15) is 12.1 Å². The number of thiophene rings is 1. The lowest BCUT2D eigenvalue weighted by atomic mass is 10.1. The number of hydrogen-bond donors (Lipinski definition) is 2. The number of aldehydes is 1. The Morgan fingerprint density at radius 1 is 1.33 bits per heavy atom. The van der Waals surface area contributed by atoms with Crippen molar-refractivity contribution in [2.75, 3.05) is 18.9 Å². The Morgan fingerprint density at radius 2 is 2.13 bits per heavy atom. The van der Waals surface area contributed by atoms with Crippen molar-refractivity contribution in [3.05, 3.63) is 64.2 Å². The fourth-order valence-electron chi connectivity index (χ4n) is 3.15. The van der Waals surface area contributed by atoms with Gasteiger partial charge in [-0.25, -0.2) is 4.98 Å². The molecule has 0 unspecified atom stereocenters. The van der Waals surface area contributed by atoms with Crippen LogP contribution in [0.3, 0.4) is 0 Å². The van der Waals surface area contributed by atoms with E-state index < -0.39 is 0 Å². The first-order valence-corrected chi connectivity index (χ1v) is 10.6. The minimum Gasteiger partial charge on any atom is -0.369 e. The van der Waals surface area contributed by atoms with Crippen LogP contribution < -0.4 is 11.1 Å². The van der Waals surface area contributed by atoms with Gasteiger partial charge < -0.3 is 20.7 Å². The zero-order valence-electron chi connectivity index (χ0n) is 17.2. The number of carbonyl (C=O) groups excluding carboxylic acids is 2. The molecule has 0 aliphatic heterocycles. The summed E-state index contributed by atoms with van der Waals surface area (Å²) in [5, 5.41) is 4.34. The maximum absolute atomic E-state index is 12.6. The van der Waals surface area contributed by atoms with E-state index in [0.29, 0.717) is 31.9 Å². The summed E-state index contributed by atoms with van der Waals surface area (Å²) in [5.74, 6) is 0.592. The predicted molar refractivity (Wildman–Crippen MR) is 123 cm³/mol. The second-order valence-corrected chi connectivity index (χ2v) is 8.17. The summed E-state index contributed by atoms with van der Waals surface area (Å²) in [6.07, 6.45) is 6.25. The van der Waals surface area contributed by atoms with E-state index in [4.69, 9.17) is 5.73 Å². The van der Waals surface area contributed by atoms with Crippen LogP contribution >= 0.6 is 11.3 Å². The number of pyridine rings is 1. The minimum atomic E-state index is -0.0747. The van der Waals surface area contributed by atoms with E-state index in [9.17, 15) is 9.59 Å². The summed E-state index contributed by atoms with van der Waals surface area (Å²) in [5.41, 5.74) is 8.68. The molecule has 3 aromatic rings. The van der Waals surface area contributed by atoms with Gasteiger partial charge in [-0.05, 0) is 41.6 Å². The van der Waals surface area contributed by atoms with Crippen LogP contribution in [0.5, 0.6) is 0 Å². The average Bonchev–Trinajstić information content (AvgIpc) is 3.08. The Labute approximate surface area is 180 Å². The number of nitrogens with two attached hydrogens (primary N) is 1. The Morgan fingerprint density at radius 3 is 2.87 bits per heavy atom. The van der Waals surface area contributed by atoms with Crippen molar-refractivity contribution in [3.8, 4) is 0 Å². The topological polar surface area (TPSA) is 88.3 Å². The van der Waals surface area contributed by atoms with Crippen molar-refractivity contribution >= 4 is 45.5 Å². The van der Waals surface area contributed by atoms with Gasteiger partial charge in [-0.3, -0.25) is 4.79 Å². The van der Waals surface area contributed by atoms with E-state index in [1.165, 1.54) is 20.5 Å². The fourth-order valence-corrected chi connectivity index (χ4v) is 4.41. The Bertz CT molecular complexity index is 1070. The lowest BCUT2D eigenvalue weighted by Crippen LogP contribution is -2.23. The molecule has 3 rings (SSSR count). The first-order chi connectivity index (χ1) is 14.5. The monoisotopic (exact) mass is 422 g/mol. The van der Waals surface area contributed by atoms with E-state index in [2.05, 4.69) is 29.4 Å². The van der Waals surface area contributed by atoms with E-state index in [1.807, 2.05) is 18.2 Å². The van der Waals surface area contributed by atoms with Gasteiger partial charge in [-0.15, -0.1) is 11.3 Å². The van der Waals surface area contributed by atoms with Crippen molar-refractivity contribution in [3.63, 3.8) is 0 Å². The second-order valence-electron chi connectivity index (χ2n) is 7.04. The maximum Gasteiger partial charge on any atom is 0.246 e. The molecule has 6 nitrogen and oxygen atoms in total. The summed E-state index contributed by atoms with van der Waals surface area (Å²) < 4.78 is 1.24. The van der Waals surface area contributed by atoms with Gasteiger partial charge in [-0.1, -0.05) is 18.2 Å². The molecule has 1 amide bonds. The zero-order valence-corrected chi connectivity index (χ0v) is 18.0. The quantitative estimate of drug-likeness (QED) is 0.312. The fraction of sp³-hybridized carbons (Fsp3) is 0.261. The molecule has 0 spiro atoms. The lowest BCUT2D eigenvalue weighted by Gasteiger charge is -2.14. The molecule has 30 heavy (non-hydrogen) atoms. The minimum absolute atomic E-state index is 0.0747. The van der Waals surface area contributed by atoms with Gasteiger partial charge in [-0.2, -0.15) is 0 Å². The summed E-state index contributed by atoms with van der Waals surface area (Å²) in [6, 6.07) is 10.2. The van der Waals surface area contributed by atoms with Gasteiger partial charge in [0.2, 0.25) is 5.91 Å². The van der Waals surface area contributed by atoms with E-state index >= 15 is 0 Å². The molecular formula is C23H26N4O2S. The summed E-state index contributed by atoms with van der Waals surface area (Å²) in [4.78, 5) is 30.3. The predicted octanol–water partition coefficient (Wildman–Crippen LogP) is 3.74. The van der Waals surface area contributed by atoms with E-state index in [0.717, 1.165) is 17.4 Å². The van der Waals surface area contributed by atoms with E-state index in [-0.39, 0.29) is 5.91 Å². The number of likely N-dealkylation sites (N-methyl/N-ethyl adjacent to an activating group) is 1. The molecule has 0 fully saturated rings. The molecule has 7 heteroatoms. The number of amides is 1. The second kappa shape index (κ2) is 10.1. The first-order valence-electron chi connectivity index (χ1n) is 9.80. The normalized spacial score (nSPS) is 11.2. The zero-order chi connectivity index (χ0) is 21.5. The number of hydrogen-bond acceptors (Lipinski definition) is 6. The number of fused-ring (bicyclic) bond motifs is 1. The third kappa shape index (κ3) is 5.11. The largest absolute Gasteiger partial charge is 0.369 e. The lowest BCUT2D eigenvalue weighted by molar-refractivity contribution is -0.125. The molecule has 0 saturated heterocycles. The van der Waals surface area contributed by atoms with Crippen molar-refractivity contribution in [2.24, 2.45) is 5.73 Å². The van der Waals surface area contributed by atoms with Crippen molar-refractivity contribution in [1.29, 1.82) is 0 Å². The molecule has 2 aromatic heterocycles. The van der Waals surface area contributed by atoms with Crippen molar-refractivity contribution in [2.45, 2.75) is 26.4 Å². The molecule has 0 atom stereocenters. The molecule has 0 aliphatic carbocycles. The molecule has 0 aliphatic rings. The standard InChI is InChI=1S/C23H26N4O2S/c1-16-19-6-3-4-7-20(19)30-21(16)15-27(2)22(29)9-8-17-12-18(13-24)23(26-14-17)25-10-5-11-28/h3-4,6-9,11-12,14H,5,10,13,15,24H2,1-2H3,(H,25,26)/b9-8+. The highest BCUT2D eigenvalue weighted by molar-refractivity contribution is 7.19. The number of rotatable bonds is 9. The molecular weight excluding hydrogens is 396 g/mol. The number of aromatic nitrogens is 1. The molecule has 1 aromatic carbocycles. The number of nitrogens with one attached hydrogen (secondary N) is 1. The van der Waals surface area contributed by atoms with Gasteiger partial charge in [0.05, 0.1) is 6.54 Å². The molecule has 0 radical (unpaired) electrons. The molecule has 156 valence electrons. The van der Waals surface area contributed by atoms with Gasteiger partial charge in [0.15, 0.2) is 0 Å². The van der Waals surface area contributed by atoms with Gasteiger partial charge >= 0.3 is 0 Å². The Hall–Kier alpha value is -3.03. The maximum atomic E-state index is 12.6. The van der Waals surface area contributed by atoms with Crippen LogP contribution in [-0.2, 0) is 22.7 Å².